The van der Waals surface area contributed by atoms with Crippen molar-refractivity contribution in [2.45, 2.75) is 25.9 Å². The SMILES string of the molecule is CCc1cccc(OC2CCN(C(=O)NCCN(C)C)C2)c1. The summed E-state index contributed by atoms with van der Waals surface area (Å²) in [5, 5.41) is 2.95. The number of aryl methyl sites for hydroxylation is 1. The van der Waals surface area contributed by atoms with Gasteiger partial charge in [-0.1, -0.05) is 19.1 Å². The number of likely N-dealkylation sites (tertiary alicyclic amines) is 1. The lowest BCUT2D eigenvalue weighted by Gasteiger charge is -2.19. The van der Waals surface area contributed by atoms with Gasteiger partial charge in [0.05, 0.1) is 6.54 Å². The zero-order chi connectivity index (χ0) is 15.9. The van der Waals surface area contributed by atoms with E-state index in [0.717, 1.165) is 31.7 Å². The predicted molar refractivity (Wildman–Crippen MR) is 88.4 cm³/mol. The van der Waals surface area contributed by atoms with E-state index in [-0.39, 0.29) is 12.1 Å². The molecule has 122 valence electrons. The van der Waals surface area contributed by atoms with E-state index in [0.29, 0.717) is 13.1 Å². The first-order valence-electron chi connectivity index (χ1n) is 8.01. The van der Waals surface area contributed by atoms with Gasteiger partial charge in [0.2, 0.25) is 0 Å². The molecule has 5 nitrogen and oxygen atoms in total. The second-order valence-corrected chi connectivity index (χ2v) is 6.01. The first-order chi connectivity index (χ1) is 10.6. The Morgan fingerprint density at radius 1 is 1.45 bits per heavy atom. The zero-order valence-corrected chi connectivity index (χ0v) is 13.8. The van der Waals surface area contributed by atoms with E-state index >= 15 is 0 Å². The van der Waals surface area contributed by atoms with Crippen molar-refractivity contribution in [1.82, 2.24) is 15.1 Å². The van der Waals surface area contributed by atoms with Gasteiger partial charge >= 0.3 is 6.03 Å². The number of rotatable bonds is 6. The molecule has 22 heavy (non-hydrogen) atoms. The van der Waals surface area contributed by atoms with Crippen molar-refractivity contribution >= 4 is 6.03 Å². The van der Waals surface area contributed by atoms with Gasteiger partial charge in [0.25, 0.3) is 0 Å². The van der Waals surface area contributed by atoms with E-state index in [9.17, 15) is 4.79 Å². The van der Waals surface area contributed by atoms with Gasteiger partial charge in [-0.3, -0.25) is 0 Å². The molecule has 1 aliphatic heterocycles. The summed E-state index contributed by atoms with van der Waals surface area (Å²) in [6.07, 6.45) is 1.98. The minimum atomic E-state index is 0.00950. The number of carbonyl (C=O) groups excluding carboxylic acids is 1. The highest BCUT2D eigenvalue weighted by Crippen LogP contribution is 2.20. The number of carbonyl (C=O) groups is 1. The summed E-state index contributed by atoms with van der Waals surface area (Å²) >= 11 is 0. The number of hydrogen-bond donors (Lipinski definition) is 1. The van der Waals surface area contributed by atoms with E-state index in [4.69, 9.17) is 4.74 Å². The summed E-state index contributed by atoms with van der Waals surface area (Å²) in [6.45, 7) is 5.07. The minimum absolute atomic E-state index is 0.00950. The molecule has 1 N–H and O–H groups in total. The maximum absolute atomic E-state index is 12.1. The molecule has 0 radical (unpaired) electrons. The Morgan fingerprint density at radius 2 is 2.27 bits per heavy atom. The van der Waals surface area contributed by atoms with Gasteiger partial charge in [0.15, 0.2) is 0 Å². The van der Waals surface area contributed by atoms with Crippen molar-refractivity contribution < 1.29 is 9.53 Å². The van der Waals surface area contributed by atoms with Crippen molar-refractivity contribution in [1.29, 1.82) is 0 Å². The smallest absolute Gasteiger partial charge is 0.317 e. The maximum atomic E-state index is 12.1. The van der Waals surface area contributed by atoms with Gasteiger partial charge in [-0.05, 0) is 38.2 Å². The predicted octanol–water partition coefficient (Wildman–Crippen LogP) is 1.97. The van der Waals surface area contributed by atoms with Gasteiger partial charge in [-0.25, -0.2) is 4.79 Å². The van der Waals surface area contributed by atoms with Crippen LogP contribution in [0.2, 0.25) is 0 Å². The molecule has 2 amide bonds. The highest BCUT2D eigenvalue weighted by Gasteiger charge is 2.27. The molecule has 0 aliphatic carbocycles. The molecule has 1 fully saturated rings. The normalized spacial score (nSPS) is 17.8. The van der Waals surface area contributed by atoms with Crippen LogP contribution in [0.3, 0.4) is 0 Å². The quantitative estimate of drug-likeness (QED) is 0.874. The minimum Gasteiger partial charge on any atom is -0.489 e. The molecule has 1 saturated heterocycles. The molecule has 0 bridgehead atoms. The number of nitrogens with one attached hydrogen (secondary N) is 1. The molecule has 0 saturated carbocycles. The third-order valence-corrected chi connectivity index (χ3v) is 3.88. The van der Waals surface area contributed by atoms with E-state index in [1.165, 1.54) is 5.56 Å². The third kappa shape index (κ3) is 4.91. The monoisotopic (exact) mass is 305 g/mol. The van der Waals surface area contributed by atoms with Crippen molar-refractivity contribution in [3.05, 3.63) is 29.8 Å². The van der Waals surface area contributed by atoms with Crippen LogP contribution >= 0.6 is 0 Å². The first-order valence-corrected chi connectivity index (χ1v) is 8.01. The molecule has 2 rings (SSSR count). The Morgan fingerprint density at radius 3 is 3.00 bits per heavy atom. The fourth-order valence-corrected chi connectivity index (χ4v) is 2.54. The van der Waals surface area contributed by atoms with E-state index in [2.05, 4.69) is 29.3 Å². The largest absolute Gasteiger partial charge is 0.489 e. The lowest BCUT2D eigenvalue weighted by Crippen LogP contribution is -2.41. The van der Waals surface area contributed by atoms with Crippen LogP contribution < -0.4 is 10.1 Å². The van der Waals surface area contributed by atoms with Gasteiger partial charge in [-0.15, -0.1) is 0 Å². The number of urea groups is 1. The Labute approximate surface area is 133 Å². The standard InChI is InChI=1S/C17H27N3O2/c1-4-14-6-5-7-15(12-14)22-16-8-10-20(13-16)17(21)18-9-11-19(2)3/h5-7,12,16H,4,8-11,13H2,1-3H3,(H,18,21). The maximum Gasteiger partial charge on any atom is 0.317 e. The van der Waals surface area contributed by atoms with Gasteiger partial charge in [-0.2, -0.15) is 0 Å². The van der Waals surface area contributed by atoms with Crippen LogP contribution in [0.5, 0.6) is 5.75 Å². The van der Waals surface area contributed by atoms with Crippen molar-refractivity contribution in [3.8, 4) is 5.75 Å². The molecule has 0 aromatic heterocycles. The summed E-state index contributed by atoms with van der Waals surface area (Å²) in [5.74, 6) is 0.902. The van der Waals surface area contributed by atoms with Crippen LogP contribution in [-0.4, -0.2) is 62.2 Å². The van der Waals surface area contributed by atoms with Gasteiger partial charge < -0.3 is 19.9 Å². The van der Waals surface area contributed by atoms with Crippen LogP contribution in [0, 0.1) is 0 Å². The van der Waals surface area contributed by atoms with Crippen LogP contribution in [0.15, 0.2) is 24.3 Å². The molecular weight excluding hydrogens is 278 g/mol. The highest BCUT2D eigenvalue weighted by molar-refractivity contribution is 5.74. The molecule has 1 atom stereocenters. The Balaban J connectivity index is 1.78. The van der Waals surface area contributed by atoms with E-state index in [1.807, 2.05) is 31.1 Å². The summed E-state index contributed by atoms with van der Waals surface area (Å²) in [7, 11) is 3.99. The molecule has 1 unspecified atom stereocenters. The summed E-state index contributed by atoms with van der Waals surface area (Å²) in [4.78, 5) is 16.0. The molecule has 5 heteroatoms. The average molecular weight is 305 g/mol. The molecule has 0 spiro atoms. The van der Waals surface area contributed by atoms with E-state index < -0.39 is 0 Å². The molecule has 1 aliphatic rings. The number of benzene rings is 1. The average Bonchev–Trinajstić information content (AvgIpc) is 2.95. The summed E-state index contributed by atoms with van der Waals surface area (Å²) in [6, 6.07) is 8.20. The van der Waals surface area contributed by atoms with Crippen LogP contribution in [0.25, 0.3) is 0 Å². The fraction of sp³-hybridized carbons (Fsp3) is 0.588. The Kier molecular flexibility index (Phi) is 6.07. The molecular formula is C17H27N3O2. The topological polar surface area (TPSA) is 44.8 Å². The number of likely N-dealkylation sites (N-methyl/N-ethyl adjacent to an activating group) is 1. The summed E-state index contributed by atoms with van der Waals surface area (Å²) < 4.78 is 6.01. The fourth-order valence-electron chi connectivity index (χ4n) is 2.54. The third-order valence-electron chi connectivity index (χ3n) is 3.88. The Hall–Kier alpha value is -1.75. The Bertz CT molecular complexity index is 491. The van der Waals surface area contributed by atoms with Crippen molar-refractivity contribution in [2.75, 3.05) is 40.3 Å². The van der Waals surface area contributed by atoms with Gasteiger partial charge in [0, 0.05) is 26.1 Å². The van der Waals surface area contributed by atoms with Gasteiger partial charge in [0.1, 0.15) is 11.9 Å². The highest BCUT2D eigenvalue weighted by atomic mass is 16.5. The van der Waals surface area contributed by atoms with Crippen LogP contribution in [0.1, 0.15) is 18.9 Å². The second-order valence-electron chi connectivity index (χ2n) is 6.01. The lowest BCUT2D eigenvalue weighted by molar-refractivity contribution is 0.186. The number of ether oxygens (including phenoxy) is 1. The molecule has 1 aromatic carbocycles. The van der Waals surface area contributed by atoms with Crippen LogP contribution in [-0.2, 0) is 6.42 Å². The van der Waals surface area contributed by atoms with Crippen molar-refractivity contribution in [2.24, 2.45) is 0 Å². The van der Waals surface area contributed by atoms with E-state index in [1.54, 1.807) is 0 Å². The summed E-state index contributed by atoms with van der Waals surface area (Å²) in [5.41, 5.74) is 1.27. The first kappa shape index (κ1) is 16.6. The zero-order valence-electron chi connectivity index (χ0n) is 13.8. The lowest BCUT2D eigenvalue weighted by atomic mass is 10.1. The second kappa shape index (κ2) is 8.03. The number of hydrogen-bond acceptors (Lipinski definition) is 3. The molecule has 1 aromatic rings. The molecule has 1 heterocycles. The number of amides is 2. The van der Waals surface area contributed by atoms with Crippen LogP contribution in [0.4, 0.5) is 4.79 Å². The number of nitrogens with zero attached hydrogens (tertiary/aromatic N) is 2. The van der Waals surface area contributed by atoms with Crippen molar-refractivity contribution in [3.63, 3.8) is 0 Å².